The van der Waals surface area contributed by atoms with E-state index < -0.39 is 5.97 Å². The van der Waals surface area contributed by atoms with Gasteiger partial charge in [-0.2, -0.15) is 5.10 Å². The summed E-state index contributed by atoms with van der Waals surface area (Å²) < 4.78 is 6.57. The molecular weight excluding hydrogens is 335 g/mol. The number of rotatable bonds is 3. The Kier molecular flexibility index (Phi) is 4.28. The second-order valence-electron chi connectivity index (χ2n) is 5.25. The van der Waals surface area contributed by atoms with Crippen LogP contribution in [0.15, 0.2) is 36.4 Å². The maximum Gasteiger partial charge on any atom is 0.359 e. The predicted octanol–water partition coefficient (Wildman–Crippen LogP) is 4.49. The average molecular weight is 349 g/mol. The highest BCUT2D eigenvalue weighted by atomic mass is 35.5. The molecule has 0 aliphatic rings. The zero-order chi connectivity index (χ0) is 16.6. The lowest BCUT2D eigenvalue weighted by Gasteiger charge is -2.07. The van der Waals surface area contributed by atoms with E-state index in [4.69, 9.17) is 27.9 Å². The van der Waals surface area contributed by atoms with Crippen molar-refractivity contribution in [3.05, 3.63) is 63.3 Å². The minimum absolute atomic E-state index is 0.299. The first-order valence-corrected chi connectivity index (χ1v) is 7.74. The van der Waals surface area contributed by atoms with Gasteiger partial charge in [-0.3, -0.25) is 4.68 Å². The first kappa shape index (κ1) is 15.8. The quantitative estimate of drug-likeness (QED) is 0.655. The molecule has 0 aliphatic carbocycles. The largest absolute Gasteiger partial charge is 0.464 e. The van der Waals surface area contributed by atoms with Gasteiger partial charge < -0.3 is 4.74 Å². The monoisotopic (exact) mass is 348 g/mol. The summed E-state index contributed by atoms with van der Waals surface area (Å²) >= 11 is 12.2. The predicted molar refractivity (Wildman–Crippen MR) is 91.4 cm³/mol. The number of carbonyl (C=O) groups is 1. The number of hydrogen-bond acceptors (Lipinski definition) is 3. The summed E-state index contributed by atoms with van der Waals surface area (Å²) in [5, 5.41) is 6.31. The van der Waals surface area contributed by atoms with Crippen molar-refractivity contribution in [3.63, 3.8) is 0 Å². The first-order chi connectivity index (χ1) is 11.0. The van der Waals surface area contributed by atoms with E-state index in [0.29, 0.717) is 22.3 Å². The van der Waals surface area contributed by atoms with E-state index >= 15 is 0 Å². The van der Waals surface area contributed by atoms with Crippen LogP contribution in [-0.2, 0) is 11.3 Å². The van der Waals surface area contributed by atoms with E-state index in [1.54, 1.807) is 16.8 Å². The van der Waals surface area contributed by atoms with Crippen molar-refractivity contribution in [2.24, 2.45) is 0 Å². The van der Waals surface area contributed by atoms with Crippen LogP contribution in [0.3, 0.4) is 0 Å². The summed E-state index contributed by atoms with van der Waals surface area (Å²) in [6.07, 6.45) is 0. The molecule has 0 saturated heterocycles. The second-order valence-corrected chi connectivity index (χ2v) is 6.10. The Morgan fingerprint density at radius 3 is 2.70 bits per heavy atom. The molecule has 6 heteroatoms. The number of hydrogen-bond donors (Lipinski definition) is 0. The van der Waals surface area contributed by atoms with E-state index in [1.165, 1.54) is 7.11 Å². The van der Waals surface area contributed by atoms with Crippen molar-refractivity contribution >= 4 is 40.1 Å². The molecule has 0 spiro atoms. The molecule has 4 nitrogen and oxygen atoms in total. The lowest BCUT2D eigenvalue weighted by molar-refractivity contribution is 0.0595. The summed E-state index contributed by atoms with van der Waals surface area (Å²) in [4.78, 5) is 11.9. The van der Waals surface area contributed by atoms with Gasteiger partial charge in [0.05, 0.1) is 19.2 Å². The minimum atomic E-state index is -0.459. The summed E-state index contributed by atoms with van der Waals surface area (Å²) in [7, 11) is 1.34. The summed E-state index contributed by atoms with van der Waals surface area (Å²) in [5.74, 6) is -0.459. The van der Waals surface area contributed by atoms with Gasteiger partial charge in [-0.25, -0.2) is 4.79 Å². The van der Waals surface area contributed by atoms with Crippen LogP contribution in [0.1, 0.15) is 21.6 Å². The van der Waals surface area contributed by atoms with Crippen LogP contribution < -0.4 is 0 Å². The minimum Gasteiger partial charge on any atom is -0.464 e. The second kappa shape index (κ2) is 6.22. The zero-order valence-electron chi connectivity index (χ0n) is 12.6. The molecule has 23 heavy (non-hydrogen) atoms. The first-order valence-electron chi connectivity index (χ1n) is 6.99. The van der Waals surface area contributed by atoms with Crippen LogP contribution in [-0.4, -0.2) is 22.9 Å². The highest BCUT2D eigenvalue weighted by Gasteiger charge is 2.18. The van der Waals surface area contributed by atoms with Crippen molar-refractivity contribution in [3.8, 4) is 0 Å². The van der Waals surface area contributed by atoms with E-state index in [-0.39, 0.29) is 0 Å². The van der Waals surface area contributed by atoms with Gasteiger partial charge in [0.15, 0.2) is 5.69 Å². The number of halogens is 2. The van der Waals surface area contributed by atoms with E-state index in [2.05, 4.69) is 5.10 Å². The third-order valence-corrected chi connectivity index (χ3v) is 4.21. The van der Waals surface area contributed by atoms with E-state index in [1.807, 2.05) is 31.2 Å². The lowest BCUT2D eigenvalue weighted by atomic mass is 10.1. The topological polar surface area (TPSA) is 44.1 Å². The van der Waals surface area contributed by atoms with Crippen LogP contribution in [0.2, 0.25) is 10.0 Å². The molecule has 0 N–H and O–H groups in total. The molecule has 1 heterocycles. The molecule has 3 aromatic rings. The highest BCUT2D eigenvalue weighted by molar-refractivity contribution is 6.35. The van der Waals surface area contributed by atoms with Gasteiger partial charge >= 0.3 is 5.97 Å². The van der Waals surface area contributed by atoms with Crippen molar-refractivity contribution in [1.29, 1.82) is 0 Å². The van der Waals surface area contributed by atoms with Gasteiger partial charge in [-0.15, -0.1) is 0 Å². The Morgan fingerprint density at radius 2 is 2.00 bits per heavy atom. The fourth-order valence-electron chi connectivity index (χ4n) is 2.46. The number of carbonyl (C=O) groups excluding carboxylic acids is 1. The highest BCUT2D eigenvalue weighted by Crippen LogP contribution is 2.25. The van der Waals surface area contributed by atoms with Crippen LogP contribution in [0.4, 0.5) is 0 Å². The zero-order valence-corrected chi connectivity index (χ0v) is 14.1. The Labute approximate surface area is 143 Å². The van der Waals surface area contributed by atoms with Crippen LogP contribution >= 0.6 is 23.2 Å². The molecular formula is C17H14Cl2N2O2. The van der Waals surface area contributed by atoms with E-state index in [0.717, 1.165) is 22.0 Å². The fraction of sp³-hybridized carbons (Fsp3) is 0.176. The molecule has 0 unspecified atom stereocenters. The normalized spacial score (nSPS) is 11.0. The van der Waals surface area contributed by atoms with E-state index in [9.17, 15) is 4.79 Å². The smallest absolute Gasteiger partial charge is 0.359 e. The van der Waals surface area contributed by atoms with Crippen molar-refractivity contribution in [1.82, 2.24) is 9.78 Å². The molecule has 1 aromatic heterocycles. The SMILES string of the molecule is COC(=O)c1nn(Cc2ccc(Cl)cc2Cl)c2cc(C)ccc12. The molecule has 0 radical (unpaired) electrons. The van der Waals surface area contributed by atoms with Crippen LogP contribution in [0.5, 0.6) is 0 Å². The average Bonchev–Trinajstić information content (AvgIpc) is 2.87. The molecule has 0 atom stereocenters. The standard InChI is InChI=1S/C17H14Cl2N2O2/c1-10-3-6-13-15(7-10)21(20-16(13)17(22)23-2)9-11-4-5-12(18)8-14(11)19/h3-8H,9H2,1-2H3. The summed E-state index contributed by atoms with van der Waals surface area (Å²) in [5.41, 5.74) is 3.11. The molecule has 118 valence electrons. The number of aryl methyl sites for hydroxylation is 1. The molecule has 0 fully saturated rings. The van der Waals surface area contributed by atoms with Gasteiger partial charge in [-0.1, -0.05) is 41.4 Å². The molecule has 0 amide bonds. The van der Waals surface area contributed by atoms with Gasteiger partial charge in [0.25, 0.3) is 0 Å². The number of fused-ring (bicyclic) bond motifs is 1. The summed E-state index contributed by atoms with van der Waals surface area (Å²) in [6.45, 7) is 2.43. The number of benzene rings is 2. The van der Waals surface area contributed by atoms with Gasteiger partial charge in [0.2, 0.25) is 0 Å². The van der Waals surface area contributed by atoms with Crippen LogP contribution in [0, 0.1) is 6.92 Å². The van der Waals surface area contributed by atoms with Crippen molar-refractivity contribution in [2.45, 2.75) is 13.5 Å². The Bertz CT molecular complexity index is 903. The van der Waals surface area contributed by atoms with Gasteiger partial charge in [0, 0.05) is 15.4 Å². The van der Waals surface area contributed by atoms with Crippen LogP contribution in [0.25, 0.3) is 10.9 Å². The molecule has 2 aromatic carbocycles. The van der Waals surface area contributed by atoms with Crippen molar-refractivity contribution in [2.75, 3.05) is 7.11 Å². The molecule has 0 aliphatic heterocycles. The Morgan fingerprint density at radius 1 is 1.22 bits per heavy atom. The van der Waals surface area contributed by atoms with Gasteiger partial charge in [0.1, 0.15) is 0 Å². The summed E-state index contributed by atoms with van der Waals surface area (Å²) in [6, 6.07) is 11.1. The molecule has 0 saturated carbocycles. The number of methoxy groups -OCH3 is 1. The Hall–Kier alpha value is -2.04. The molecule has 3 rings (SSSR count). The molecule has 0 bridgehead atoms. The lowest BCUT2D eigenvalue weighted by Crippen LogP contribution is -2.06. The third kappa shape index (κ3) is 3.05. The number of aromatic nitrogens is 2. The number of ether oxygens (including phenoxy) is 1. The van der Waals surface area contributed by atoms with Gasteiger partial charge in [-0.05, 0) is 36.2 Å². The maximum atomic E-state index is 11.9. The third-order valence-electron chi connectivity index (χ3n) is 3.62. The maximum absolute atomic E-state index is 11.9. The number of nitrogens with zero attached hydrogens (tertiary/aromatic N) is 2. The number of esters is 1. The Balaban J connectivity index is 2.13. The fourth-order valence-corrected chi connectivity index (χ4v) is 2.93. The van der Waals surface area contributed by atoms with Crippen molar-refractivity contribution < 1.29 is 9.53 Å².